The molecule has 1 N–H and O–H groups in total. The second-order valence-electron chi connectivity index (χ2n) is 6.50. The van der Waals surface area contributed by atoms with Crippen LogP contribution in [0, 0.1) is 19.8 Å². The predicted octanol–water partition coefficient (Wildman–Crippen LogP) is 1.88. The number of amides is 1. The largest absolute Gasteiger partial charge is 0.345 e. The van der Waals surface area contributed by atoms with Crippen LogP contribution < -0.4 is 5.69 Å². The number of H-pyrrole nitrogens is 1. The Kier molecular flexibility index (Phi) is 4.74. The average molecular weight is 326 g/mol. The third kappa shape index (κ3) is 3.88. The first-order valence-corrected chi connectivity index (χ1v) is 8.30. The number of aromatic nitrogens is 3. The van der Waals surface area contributed by atoms with Gasteiger partial charge < -0.3 is 9.88 Å². The highest BCUT2D eigenvalue weighted by Crippen LogP contribution is 2.22. The molecule has 3 rings (SSSR count). The lowest BCUT2D eigenvalue weighted by atomic mass is 9.90. The first kappa shape index (κ1) is 16.4. The molecule has 2 aromatic heterocycles. The summed E-state index contributed by atoms with van der Waals surface area (Å²) < 4.78 is 0. The molecule has 0 bridgehead atoms. The van der Waals surface area contributed by atoms with E-state index in [0.29, 0.717) is 24.7 Å². The summed E-state index contributed by atoms with van der Waals surface area (Å²) in [6.45, 7) is 5.17. The fourth-order valence-corrected chi connectivity index (χ4v) is 3.26. The van der Waals surface area contributed by atoms with Crippen molar-refractivity contribution >= 4 is 5.91 Å². The predicted molar refractivity (Wildman–Crippen MR) is 90.9 cm³/mol. The molecule has 0 spiro atoms. The first-order chi connectivity index (χ1) is 11.5. The van der Waals surface area contributed by atoms with Crippen LogP contribution in [0.2, 0.25) is 0 Å². The van der Waals surface area contributed by atoms with E-state index >= 15 is 0 Å². The molecule has 6 heteroatoms. The molecule has 0 aliphatic carbocycles. The number of nitrogens with one attached hydrogen (secondary N) is 1. The van der Waals surface area contributed by atoms with E-state index < -0.39 is 5.69 Å². The summed E-state index contributed by atoms with van der Waals surface area (Å²) in [5, 5.41) is 0. The van der Waals surface area contributed by atoms with Crippen molar-refractivity contribution in [3.63, 3.8) is 0 Å². The van der Waals surface area contributed by atoms with Gasteiger partial charge in [-0.1, -0.05) is 0 Å². The smallest absolute Gasteiger partial charge is 0.337 e. The van der Waals surface area contributed by atoms with E-state index in [0.717, 1.165) is 25.0 Å². The normalized spacial score (nSPS) is 15.5. The van der Waals surface area contributed by atoms with Crippen LogP contribution in [0.15, 0.2) is 29.2 Å². The Bertz CT molecular complexity index is 792. The molecule has 6 nitrogen and oxygen atoms in total. The van der Waals surface area contributed by atoms with Gasteiger partial charge >= 0.3 is 5.69 Å². The van der Waals surface area contributed by atoms with Crippen molar-refractivity contribution in [1.82, 2.24) is 19.9 Å². The third-order valence-electron chi connectivity index (χ3n) is 4.49. The number of hydrogen-bond acceptors (Lipinski definition) is 4. The highest BCUT2D eigenvalue weighted by Gasteiger charge is 2.24. The van der Waals surface area contributed by atoms with Gasteiger partial charge in [0.2, 0.25) is 0 Å². The van der Waals surface area contributed by atoms with Crippen molar-refractivity contribution in [3.8, 4) is 0 Å². The molecule has 1 amide bonds. The van der Waals surface area contributed by atoms with Crippen LogP contribution in [0.4, 0.5) is 0 Å². The van der Waals surface area contributed by atoms with Crippen molar-refractivity contribution in [2.24, 2.45) is 5.92 Å². The Balaban J connectivity index is 1.60. The lowest BCUT2D eigenvalue weighted by Gasteiger charge is -2.32. The molecule has 0 saturated carbocycles. The molecular weight excluding hydrogens is 304 g/mol. The fraction of sp³-hybridized carbons (Fsp3) is 0.444. The van der Waals surface area contributed by atoms with E-state index in [1.165, 1.54) is 5.56 Å². The minimum absolute atomic E-state index is 0.151. The van der Waals surface area contributed by atoms with Crippen molar-refractivity contribution < 1.29 is 4.79 Å². The topological polar surface area (TPSA) is 79.0 Å². The summed E-state index contributed by atoms with van der Waals surface area (Å²) >= 11 is 0. The Labute approximate surface area is 141 Å². The number of aromatic amines is 1. The van der Waals surface area contributed by atoms with Crippen LogP contribution in [0.3, 0.4) is 0 Å². The molecule has 1 fully saturated rings. The van der Waals surface area contributed by atoms with Crippen molar-refractivity contribution in [2.45, 2.75) is 33.1 Å². The molecule has 1 aliphatic rings. The number of rotatable bonds is 3. The summed E-state index contributed by atoms with van der Waals surface area (Å²) in [7, 11) is 0. The molecule has 3 heterocycles. The van der Waals surface area contributed by atoms with E-state index in [4.69, 9.17) is 0 Å². The van der Waals surface area contributed by atoms with E-state index in [1.807, 2.05) is 13.1 Å². The SMILES string of the molecule is Cc1cc(CC2CCN(C(=O)c3cc(C)[nH]c(=O)n3)CC2)ccn1. The monoisotopic (exact) mass is 326 g/mol. The highest BCUT2D eigenvalue weighted by atomic mass is 16.2. The number of likely N-dealkylation sites (tertiary alicyclic amines) is 1. The van der Waals surface area contributed by atoms with Gasteiger partial charge in [0.15, 0.2) is 0 Å². The number of piperidine rings is 1. The zero-order valence-corrected chi connectivity index (χ0v) is 14.1. The maximum absolute atomic E-state index is 12.5. The number of carbonyl (C=O) groups excluding carboxylic acids is 1. The van der Waals surface area contributed by atoms with Gasteiger partial charge in [-0.2, -0.15) is 4.98 Å². The van der Waals surface area contributed by atoms with Gasteiger partial charge in [0.25, 0.3) is 5.91 Å². The molecule has 24 heavy (non-hydrogen) atoms. The second kappa shape index (κ2) is 6.95. The van der Waals surface area contributed by atoms with Gasteiger partial charge in [-0.05, 0) is 62.8 Å². The molecular formula is C18H22N4O2. The number of aryl methyl sites for hydroxylation is 2. The van der Waals surface area contributed by atoms with E-state index in [-0.39, 0.29) is 11.6 Å². The zero-order chi connectivity index (χ0) is 17.1. The summed E-state index contributed by atoms with van der Waals surface area (Å²) in [5.41, 5.74) is 2.76. The van der Waals surface area contributed by atoms with E-state index in [2.05, 4.69) is 27.1 Å². The lowest BCUT2D eigenvalue weighted by Crippen LogP contribution is -2.40. The van der Waals surface area contributed by atoms with Crippen LogP contribution in [-0.4, -0.2) is 38.8 Å². The number of hydrogen-bond donors (Lipinski definition) is 1. The Morgan fingerprint density at radius 2 is 2.04 bits per heavy atom. The Hall–Kier alpha value is -2.50. The number of carbonyl (C=O) groups is 1. The zero-order valence-electron chi connectivity index (χ0n) is 14.1. The Morgan fingerprint density at radius 3 is 2.71 bits per heavy atom. The molecule has 126 valence electrons. The number of pyridine rings is 1. The molecule has 2 aromatic rings. The molecule has 0 unspecified atom stereocenters. The maximum Gasteiger partial charge on any atom is 0.345 e. The lowest BCUT2D eigenvalue weighted by molar-refractivity contribution is 0.0684. The summed E-state index contributed by atoms with van der Waals surface area (Å²) in [6.07, 6.45) is 4.81. The van der Waals surface area contributed by atoms with Crippen molar-refractivity contribution in [3.05, 3.63) is 57.5 Å². The van der Waals surface area contributed by atoms with E-state index in [1.54, 1.807) is 17.9 Å². The minimum Gasteiger partial charge on any atom is -0.337 e. The minimum atomic E-state index is -0.471. The summed E-state index contributed by atoms with van der Waals surface area (Å²) in [5.74, 6) is 0.423. The molecule has 1 aliphatic heterocycles. The molecule has 0 aromatic carbocycles. The molecule has 0 atom stereocenters. The molecule has 1 saturated heterocycles. The van der Waals surface area contributed by atoms with E-state index in [9.17, 15) is 9.59 Å². The van der Waals surface area contributed by atoms with Gasteiger partial charge in [0.05, 0.1) is 0 Å². The maximum atomic E-state index is 12.5. The van der Waals surface area contributed by atoms with Gasteiger partial charge in [-0.25, -0.2) is 4.79 Å². The third-order valence-corrected chi connectivity index (χ3v) is 4.49. The van der Waals surface area contributed by atoms with Crippen LogP contribution in [0.5, 0.6) is 0 Å². The highest BCUT2D eigenvalue weighted by molar-refractivity contribution is 5.92. The van der Waals surface area contributed by atoms with Crippen LogP contribution in [0.1, 0.15) is 40.3 Å². The van der Waals surface area contributed by atoms with Crippen LogP contribution in [0.25, 0.3) is 0 Å². The van der Waals surface area contributed by atoms with Gasteiger partial charge in [-0.3, -0.25) is 9.78 Å². The van der Waals surface area contributed by atoms with Crippen LogP contribution in [-0.2, 0) is 6.42 Å². The summed E-state index contributed by atoms with van der Waals surface area (Å²) in [4.78, 5) is 36.3. The Morgan fingerprint density at radius 1 is 1.29 bits per heavy atom. The summed E-state index contributed by atoms with van der Waals surface area (Å²) in [6, 6.07) is 5.82. The fourth-order valence-electron chi connectivity index (χ4n) is 3.26. The second-order valence-corrected chi connectivity index (χ2v) is 6.50. The van der Waals surface area contributed by atoms with Gasteiger partial charge in [0.1, 0.15) is 5.69 Å². The average Bonchev–Trinajstić information content (AvgIpc) is 2.54. The number of nitrogens with zero attached hydrogens (tertiary/aromatic N) is 3. The van der Waals surface area contributed by atoms with Crippen molar-refractivity contribution in [1.29, 1.82) is 0 Å². The van der Waals surface area contributed by atoms with Crippen molar-refractivity contribution in [2.75, 3.05) is 13.1 Å². The quantitative estimate of drug-likeness (QED) is 0.934. The standard InChI is InChI=1S/C18H22N4O2/c1-12-9-15(3-6-19-12)11-14-4-7-22(8-5-14)17(23)16-10-13(2)20-18(24)21-16/h3,6,9-10,14H,4-5,7-8,11H2,1-2H3,(H,20,21,24). The van der Waals surface area contributed by atoms with Gasteiger partial charge in [-0.15, -0.1) is 0 Å². The van der Waals surface area contributed by atoms with Gasteiger partial charge in [0, 0.05) is 30.7 Å². The molecule has 0 radical (unpaired) electrons. The first-order valence-electron chi connectivity index (χ1n) is 8.30. The van der Waals surface area contributed by atoms with Crippen LogP contribution >= 0.6 is 0 Å².